The maximum atomic E-state index is 12.2. The van der Waals surface area contributed by atoms with Gasteiger partial charge in [0.2, 0.25) is 11.9 Å². The van der Waals surface area contributed by atoms with Gasteiger partial charge < -0.3 is 10.5 Å². The molecule has 0 atom stereocenters. The monoisotopic (exact) mass is 378 g/mol. The third-order valence-corrected chi connectivity index (χ3v) is 4.22. The van der Waals surface area contributed by atoms with Crippen molar-refractivity contribution in [2.45, 2.75) is 13.8 Å². The molecule has 0 radical (unpaired) electrons. The SMILES string of the molecule is CCOC(=O)c1ccc2c(c1)nc1nc(N(C(C)=O)c3cccc(N)c3)[nH]n12. The van der Waals surface area contributed by atoms with E-state index >= 15 is 0 Å². The van der Waals surface area contributed by atoms with Crippen molar-refractivity contribution in [3.05, 3.63) is 48.0 Å². The number of amides is 1. The lowest BCUT2D eigenvalue weighted by Gasteiger charge is -2.18. The van der Waals surface area contributed by atoms with Crippen LogP contribution in [-0.4, -0.2) is 38.1 Å². The minimum Gasteiger partial charge on any atom is -0.462 e. The van der Waals surface area contributed by atoms with Gasteiger partial charge in [-0.1, -0.05) is 6.07 Å². The number of hydrogen-bond acceptors (Lipinski definition) is 6. The minimum atomic E-state index is -0.404. The van der Waals surface area contributed by atoms with Crippen LogP contribution in [0.4, 0.5) is 17.3 Å². The first kappa shape index (κ1) is 17.5. The number of nitrogens with two attached hydrogens (primary N) is 1. The summed E-state index contributed by atoms with van der Waals surface area (Å²) in [7, 11) is 0. The van der Waals surface area contributed by atoms with Crippen LogP contribution < -0.4 is 10.6 Å². The number of fused-ring (bicyclic) bond motifs is 3. The van der Waals surface area contributed by atoms with Gasteiger partial charge in [0.15, 0.2) is 0 Å². The van der Waals surface area contributed by atoms with E-state index in [0.717, 1.165) is 5.52 Å². The van der Waals surface area contributed by atoms with Crippen LogP contribution in [0.5, 0.6) is 0 Å². The van der Waals surface area contributed by atoms with E-state index in [1.165, 1.54) is 11.8 Å². The Labute approximate surface area is 159 Å². The summed E-state index contributed by atoms with van der Waals surface area (Å²) in [6, 6.07) is 12.0. The Morgan fingerprint density at radius 3 is 2.75 bits per heavy atom. The summed E-state index contributed by atoms with van der Waals surface area (Å²) < 4.78 is 6.67. The van der Waals surface area contributed by atoms with Crippen LogP contribution in [0.15, 0.2) is 42.5 Å². The van der Waals surface area contributed by atoms with E-state index in [4.69, 9.17) is 10.5 Å². The molecule has 28 heavy (non-hydrogen) atoms. The van der Waals surface area contributed by atoms with Crippen LogP contribution in [-0.2, 0) is 9.53 Å². The van der Waals surface area contributed by atoms with Crippen LogP contribution in [0.2, 0.25) is 0 Å². The molecule has 2 heterocycles. The number of hydrogen-bond donors (Lipinski definition) is 2. The molecular weight excluding hydrogens is 360 g/mol. The molecule has 0 fully saturated rings. The minimum absolute atomic E-state index is 0.225. The lowest BCUT2D eigenvalue weighted by atomic mass is 10.2. The fourth-order valence-electron chi connectivity index (χ4n) is 3.03. The van der Waals surface area contributed by atoms with Crippen LogP contribution in [0.3, 0.4) is 0 Å². The second-order valence-electron chi connectivity index (χ2n) is 6.17. The van der Waals surface area contributed by atoms with Gasteiger partial charge in [0.05, 0.1) is 28.9 Å². The van der Waals surface area contributed by atoms with E-state index in [1.54, 1.807) is 53.9 Å². The molecule has 0 spiro atoms. The number of rotatable bonds is 4. The molecule has 0 aliphatic heterocycles. The van der Waals surface area contributed by atoms with Crippen molar-refractivity contribution in [2.75, 3.05) is 17.2 Å². The van der Waals surface area contributed by atoms with Gasteiger partial charge in [0.25, 0.3) is 5.78 Å². The average molecular weight is 378 g/mol. The van der Waals surface area contributed by atoms with Crippen LogP contribution >= 0.6 is 0 Å². The number of imidazole rings is 1. The van der Waals surface area contributed by atoms with Crippen molar-refractivity contribution in [3.8, 4) is 0 Å². The van der Waals surface area contributed by atoms with E-state index in [2.05, 4.69) is 15.1 Å². The van der Waals surface area contributed by atoms with Gasteiger partial charge in [-0.25, -0.2) is 19.2 Å². The zero-order chi connectivity index (χ0) is 19.8. The maximum Gasteiger partial charge on any atom is 0.338 e. The number of esters is 1. The Kier molecular flexibility index (Phi) is 4.19. The standard InChI is InChI=1S/C19H18N6O3/c1-3-28-17(27)12-7-8-16-15(9-12)21-18-22-19(23-25(16)18)24(11(2)26)14-6-4-5-13(20)10-14/h4-10H,3,20H2,1-2H3,(H,21,22,23). The second kappa shape index (κ2) is 6.69. The summed E-state index contributed by atoms with van der Waals surface area (Å²) in [4.78, 5) is 34.4. The highest BCUT2D eigenvalue weighted by Crippen LogP contribution is 2.26. The van der Waals surface area contributed by atoms with Gasteiger partial charge in [-0.2, -0.15) is 4.98 Å². The number of benzene rings is 2. The third kappa shape index (κ3) is 2.92. The van der Waals surface area contributed by atoms with Crippen molar-refractivity contribution in [1.82, 2.24) is 19.6 Å². The van der Waals surface area contributed by atoms with Crippen molar-refractivity contribution >= 4 is 46.0 Å². The first-order valence-electron chi connectivity index (χ1n) is 8.69. The number of nitrogen functional groups attached to an aromatic ring is 1. The Balaban J connectivity index is 1.79. The molecule has 0 saturated carbocycles. The fourth-order valence-corrected chi connectivity index (χ4v) is 3.03. The molecule has 0 aliphatic carbocycles. The highest BCUT2D eigenvalue weighted by atomic mass is 16.5. The molecule has 4 rings (SSSR count). The highest BCUT2D eigenvalue weighted by Gasteiger charge is 2.20. The van der Waals surface area contributed by atoms with Crippen LogP contribution in [0.1, 0.15) is 24.2 Å². The largest absolute Gasteiger partial charge is 0.462 e. The second-order valence-corrected chi connectivity index (χ2v) is 6.17. The van der Waals surface area contributed by atoms with Gasteiger partial charge in [0, 0.05) is 12.6 Å². The Morgan fingerprint density at radius 1 is 1.21 bits per heavy atom. The Hall–Kier alpha value is -3.88. The van der Waals surface area contributed by atoms with E-state index in [0.29, 0.717) is 40.8 Å². The van der Waals surface area contributed by atoms with Gasteiger partial charge in [-0.3, -0.25) is 9.89 Å². The van der Waals surface area contributed by atoms with Crippen molar-refractivity contribution < 1.29 is 14.3 Å². The van der Waals surface area contributed by atoms with E-state index in [1.807, 2.05) is 0 Å². The zero-order valence-electron chi connectivity index (χ0n) is 15.3. The Morgan fingerprint density at radius 2 is 2.04 bits per heavy atom. The van der Waals surface area contributed by atoms with Gasteiger partial charge >= 0.3 is 5.97 Å². The molecular formula is C19H18N6O3. The smallest absolute Gasteiger partial charge is 0.338 e. The van der Waals surface area contributed by atoms with E-state index < -0.39 is 5.97 Å². The number of nitrogens with zero attached hydrogens (tertiary/aromatic N) is 4. The first-order valence-corrected chi connectivity index (χ1v) is 8.69. The molecule has 3 N–H and O–H groups in total. The van der Waals surface area contributed by atoms with Crippen molar-refractivity contribution in [2.24, 2.45) is 0 Å². The summed E-state index contributed by atoms with van der Waals surface area (Å²) >= 11 is 0. The summed E-state index contributed by atoms with van der Waals surface area (Å²) in [5.74, 6) is 0.0637. The van der Waals surface area contributed by atoms with Gasteiger partial charge in [-0.05, 0) is 43.3 Å². The average Bonchev–Trinajstić information content (AvgIpc) is 3.19. The van der Waals surface area contributed by atoms with Crippen molar-refractivity contribution in [1.29, 1.82) is 0 Å². The molecule has 0 unspecified atom stereocenters. The number of ether oxygens (including phenoxy) is 1. The molecule has 0 bridgehead atoms. The van der Waals surface area contributed by atoms with E-state index in [-0.39, 0.29) is 5.91 Å². The van der Waals surface area contributed by atoms with E-state index in [9.17, 15) is 9.59 Å². The highest BCUT2D eigenvalue weighted by molar-refractivity contribution is 5.98. The molecule has 0 saturated heterocycles. The van der Waals surface area contributed by atoms with Gasteiger partial charge in [0.1, 0.15) is 0 Å². The third-order valence-electron chi connectivity index (χ3n) is 4.22. The first-order chi connectivity index (χ1) is 13.5. The quantitative estimate of drug-likeness (QED) is 0.416. The number of aromatic nitrogens is 4. The number of aromatic amines is 1. The molecule has 1 amide bonds. The summed E-state index contributed by atoms with van der Waals surface area (Å²) in [6.45, 7) is 3.50. The molecule has 9 heteroatoms. The number of carbonyl (C=O) groups is 2. The van der Waals surface area contributed by atoms with Crippen molar-refractivity contribution in [3.63, 3.8) is 0 Å². The normalized spacial score (nSPS) is 11.1. The van der Waals surface area contributed by atoms with Crippen LogP contribution in [0.25, 0.3) is 16.8 Å². The lowest BCUT2D eigenvalue weighted by Crippen LogP contribution is -2.24. The Bertz CT molecular complexity index is 1210. The number of anilines is 3. The van der Waals surface area contributed by atoms with Gasteiger partial charge in [-0.15, -0.1) is 0 Å². The maximum absolute atomic E-state index is 12.2. The summed E-state index contributed by atoms with van der Waals surface area (Å²) in [5.41, 5.74) is 8.70. The molecule has 0 aliphatic rings. The molecule has 4 aromatic rings. The number of nitrogens with one attached hydrogen (secondary N) is 1. The number of H-pyrrole nitrogens is 1. The van der Waals surface area contributed by atoms with Crippen LogP contribution in [0, 0.1) is 0 Å². The molecule has 2 aromatic heterocycles. The molecule has 2 aromatic carbocycles. The zero-order valence-corrected chi connectivity index (χ0v) is 15.3. The topological polar surface area (TPSA) is 119 Å². The predicted octanol–water partition coefficient (Wildman–Crippen LogP) is 2.65. The molecule has 9 nitrogen and oxygen atoms in total. The number of carbonyl (C=O) groups excluding carboxylic acids is 2. The summed E-state index contributed by atoms with van der Waals surface area (Å²) in [5, 5.41) is 3.08. The molecule has 142 valence electrons. The predicted molar refractivity (Wildman–Crippen MR) is 104 cm³/mol. The lowest BCUT2D eigenvalue weighted by molar-refractivity contribution is -0.115. The fraction of sp³-hybridized carbons (Fsp3) is 0.158. The summed E-state index contributed by atoms with van der Waals surface area (Å²) in [6.07, 6.45) is 0.